The third-order valence-electron chi connectivity index (χ3n) is 3.19. The molecule has 0 saturated carbocycles. The molecular weight excluding hydrogens is 204 g/mol. The van der Waals surface area contributed by atoms with Gasteiger partial charge in [0.15, 0.2) is 0 Å². The molecule has 1 heterocycles. The largest absolute Gasteiger partial charge is 0.355 e. The Bertz CT molecular complexity index is 266. The zero-order valence-electron chi connectivity index (χ0n) is 10.4. The Kier molecular flexibility index (Phi) is 4.77. The Labute approximate surface area is 97.2 Å². The molecule has 0 aliphatic carbocycles. The van der Waals surface area contributed by atoms with Crippen LogP contribution in [0.5, 0.6) is 0 Å². The lowest BCUT2D eigenvalue weighted by atomic mass is 9.99. The van der Waals surface area contributed by atoms with Gasteiger partial charge in [0, 0.05) is 19.0 Å². The maximum absolute atomic E-state index is 11.8. The highest BCUT2D eigenvalue weighted by Gasteiger charge is 2.28. The standard InChI is InChI=1S/C12H22N2O2/c1-4-8(2)5-9(3)14-12(16)10-6-11(15)13-7-10/h8-10H,4-7H2,1-3H3,(H,13,15)(H,14,16). The van der Waals surface area contributed by atoms with Gasteiger partial charge in [-0.25, -0.2) is 0 Å². The van der Waals surface area contributed by atoms with Crippen LogP contribution in [-0.4, -0.2) is 24.4 Å². The van der Waals surface area contributed by atoms with Crippen molar-refractivity contribution < 1.29 is 9.59 Å². The predicted octanol–water partition coefficient (Wildman–Crippen LogP) is 1.06. The molecule has 1 saturated heterocycles. The lowest BCUT2D eigenvalue weighted by Crippen LogP contribution is -2.38. The molecule has 92 valence electrons. The third kappa shape index (κ3) is 3.83. The van der Waals surface area contributed by atoms with Gasteiger partial charge < -0.3 is 10.6 Å². The van der Waals surface area contributed by atoms with E-state index in [0.717, 1.165) is 12.8 Å². The summed E-state index contributed by atoms with van der Waals surface area (Å²) in [6, 6.07) is 0.193. The van der Waals surface area contributed by atoms with Gasteiger partial charge in [-0.1, -0.05) is 20.3 Å². The van der Waals surface area contributed by atoms with Crippen LogP contribution in [0.2, 0.25) is 0 Å². The Morgan fingerprint density at radius 1 is 1.56 bits per heavy atom. The molecule has 1 aliphatic heterocycles. The Morgan fingerprint density at radius 2 is 2.25 bits per heavy atom. The minimum Gasteiger partial charge on any atom is -0.355 e. The summed E-state index contributed by atoms with van der Waals surface area (Å²) in [6.45, 7) is 6.84. The first-order valence-corrected chi connectivity index (χ1v) is 6.10. The van der Waals surface area contributed by atoms with Gasteiger partial charge in [-0.15, -0.1) is 0 Å². The van der Waals surface area contributed by atoms with Crippen molar-refractivity contribution in [2.75, 3.05) is 6.54 Å². The van der Waals surface area contributed by atoms with E-state index in [1.807, 2.05) is 6.92 Å². The first-order chi connectivity index (χ1) is 7.52. The SMILES string of the molecule is CCC(C)CC(C)NC(=O)C1CNC(=O)C1. The predicted molar refractivity (Wildman–Crippen MR) is 62.8 cm³/mol. The summed E-state index contributed by atoms with van der Waals surface area (Å²) in [7, 11) is 0. The second-order valence-electron chi connectivity index (χ2n) is 4.86. The fourth-order valence-corrected chi connectivity index (χ4v) is 1.98. The lowest BCUT2D eigenvalue weighted by Gasteiger charge is -2.19. The molecule has 0 aromatic carbocycles. The molecule has 0 aromatic rings. The monoisotopic (exact) mass is 226 g/mol. The third-order valence-corrected chi connectivity index (χ3v) is 3.19. The van der Waals surface area contributed by atoms with Gasteiger partial charge in [0.2, 0.25) is 11.8 Å². The van der Waals surface area contributed by atoms with E-state index in [2.05, 4.69) is 24.5 Å². The van der Waals surface area contributed by atoms with Crippen LogP contribution in [0.15, 0.2) is 0 Å². The number of nitrogens with one attached hydrogen (secondary N) is 2. The lowest BCUT2D eigenvalue weighted by molar-refractivity contribution is -0.127. The van der Waals surface area contributed by atoms with E-state index in [0.29, 0.717) is 18.9 Å². The Balaban J connectivity index is 2.30. The molecule has 0 bridgehead atoms. The fourth-order valence-electron chi connectivity index (χ4n) is 1.98. The van der Waals surface area contributed by atoms with Crippen LogP contribution in [-0.2, 0) is 9.59 Å². The number of hydrogen-bond acceptors (Lipinski definition) is 2. The van der Waals surface area contributed by atoms with Crippen LogP contribution in [0, 0.1) is 11.8 Å². The average Bonchev–Trinajstić information content (AvgIpc) is 2.64. The topological polar surface area (TPSA) is 58.2 Å². The summed E-state index contributed by atoms with van der Waals surface area (Å²) in [5.74, 6) is 0.439. The van der Waals surface area contributed by atoms with Crippen molar-refractivity contribution in [2.24, 2.45) is 11.8 Å². The minimum absolute atomic E-state index is 0.00848. The van der Waals surface area contributed by atoms with Gasteiger partial charge in [-0.3, -0.25) is 9.59 Å². The van der Waals surface area contributed by atoms with Gasteiger partial charge in [0.25, 0.3) is 0 Å². The van der Waals surface area contributed by atoms with E-state index in [-0.39, 0.29) is 23.8 Å². The van der Waals surface area contributed by atoms with Crippen LogP contribution in [0.4, 0.5) is 0 Å². The first kappa shape index (κ1) is 13.0. The van der Waals surface area contributed by atoms with Gasteiger partial charge in [-0.05, 0) is 19.3 Å². The summed E-state index contributed by atoms with van der Waals surface area (Å²) in [5.41, 5.74) is 0. The normalized spacial score (nSPS) is 23.7. The maximum Gasteiger partial charge on any atom is 0.225 e. The van der Waals surface area contributed by atoms with Crippen molar-refractivity contribution in [1.82, 2.24) is 10.6 Å². The van der Waals surface area contributed by atoms with Crippen molar-refractivity contribution in [3.63, 3.8) is 0 Å². The van der Waals surface area contributed by atoms with E-state index >= 15 is 0 Å². The number of carbonyl (C=O) groups excluding carboxylic acids is 2. The van der Waals surface area contributed by atoms with Crippen molar-refractivity contribution >= 4 is 11.8 Å². The van der Waals surface area contributed by atoms with E-state index in [9.17, 15) is 9.59 Å². The average molecular weight is 226 g/mol. The quantitative estimate of drug-likeness (QED) is 0.736. The molecule has 0 spiro atoms. The molecule has 1 rings (SSSR count). The zero-order valence-corrected chi connectivity index (χ0v) is 10.4. The molecule has 4 nitrogen and oxygen atoms in total. The second-order valence-corrected chi connectivity index (χ2v) is 4.86. The summed E-state index contributed by atoms with van der Waals surface area (Å²) < 4.78 is 0. The molecule has 1 fully saturated rings. The van der Waals surface area contributed by atoms with Gasteiger partial charge >= 0.3 is 0 Å². The van der Waals surface area contributed by atoms with Crippen LogP contribution < -0.4 is 10.6 Å². The number of rotatable bonds is 5. The Hall–Kier alpha value is -1.06. The van der Waals surface area contributed by atoms with E-state index < -0.39 is 0 Å². The van der Waals surface area contributed by atoms with Crippen molar-refractivity contribution in [1.29, 1.82) is 0 Å². The molecule has 3 atom stereocenters. The molecule has 3 unspecified atom stereocenters. The minimum atomic E-state index is -0.174. The molecule has 4 heteroatoms. The van der Waals surface area contributed by atoms with E-state index in [1.165, 1.54) is 0 Å². The van der Waals surface area contributed by atoms with E-state index in [1.54, 1.807) is 0 Å². The summed E-state index contributed by atoms with van der Waals surface area (Å²) >= 11 is 0. The zero-order chi connectivity index (χ0) is 12.1. The van der Waals surface area contributed by atoms with Crippen molar-refractivity contribution in [3.05, 3.63) is 0 Å². The summed E-state index contributed by atoms with van der Waals surface area (Å²) in [5, 5.41) is 5.65. The van der Waals surface area contributed by atoms with Crippen LogP contribution in [0.25, 0.3) is 0 Å². The van der Waals surface area contributed by atoms with Gasteiger partial charge in [-0.2, -0.15) is 0 Å². The van der Waals surface area contributed by atoms with Gasteiger partial charge in [0.05, 0.1) is 5.92 Å². The number of carbonyl (C=O) groups is 2. The molecule has 0 aromatic heterocycles. The summed E-state index contributed by atoms with van der Waals surface area (Å²) in [6.07, 6.45) is 2.46. The number of amides is 2. The highest BCUT2D eigenvalue weighted by Crippen LogP contribution is 2.12. The molecular formula is C12H22N2O2. The molecule has 0 radical (unpaired) electrons. The highest BCUT2D eigenvalue weighted by molar-refractivity contribution is 5.89. The Morgan fingerprint density at radius 3 is 2.75 bits per heavy atom. The van der Waals surface area contributed by atoms with Crippen LogP contribution in [0.1, 0.15) is 40.0 Å². The van der Waals surface area contributed by atoms with Crippen molar-refractivity contribution in [3.8, 4) is 0 Å². The fraction of sp³-hybridized carbons (Fsp3) is 0.833. The van der Waals surface area contributed by atoms with Crippen LogP contribution in [0.3, 0.4) is 0 Å². The molecule has 16 heavy (non-hydrogen) atoms. The molecule has 1 aliphatic rings. The van der Waals surface area contributed by atoms with Gasteiger partial charge in [0.1, 0.15) is 0 Å². The highest BCUT2D eigenvalue weighted by atomic mass is 16.2. The second kappa shape index (κ2) is 5.87. The number of hydrogen-bond donors (Lipinski definition) is 2. The smallest absolute Gasteiger partial charge is 0.225 e. The van der Waals surface area contributed by atoms with E-state index in [4.69, 9.17) is 0 Å². The molecule has 2 N–H and O–H groups in total. The summed E-state index contributed by atoms with van der Waals surface area (Å²) in [4.78, 5) is 22.7. The van der Waals surface area contributed by atoms with Crippen LogP contribution >= 0.6 is 0 Å². The molecule has 2 amide bonds. The first-order valence-electron chi connectivity index (χ1n) is 6.10. The van der Waals surface area contributed by atoms with Crippen molar-refractivity contribution in [2.45, 2.75) is 46.1 Å². The maximum atomic E-state index is 11.8.